The minimum atomic E-state index is -0.122. The molecule has 1 unspecified atom stereocenters. The van der Waals surface area contributed by atoms with Gasteiger partial charge < -0.3 is 5.73 Å². The molecule has 0 radical (unpaired) electrons. The van der Waals surface area contributed by atoms with Crippen molar-refractivity contribution in [1.29, 1.82) is 0 Å². The zero-order valence-electron chi connectivity index (χ0n) is 8.30. The monoisotopic (exact) mass is 232 g/mol. The van der Waals surface area contributed by atoms with Gasteiger partial charge in [-0.2, -0.15) is 0 Å². The van der Waals surface area contributed by atoms with E-state index in [-0.39, 0.29) is 6.04 Å². The number of nitrogens with zero attached hydrogens (tertiary/aromatic N) is 1. The molecule has 0 fully saturated rings. The van der Waals surface area contributed by atoms with Crippen molar-refractivity contribution >= 4 is 23.2 Å². The highest BCUT2D eigenvalue weighted by Gasteiger charge is 2.19. The summed E-state index contributed by atoms with van der Waals surface area (Å²) in [6, 6.07) is -0.122. The molecule has 0 spiro atoms. The SMILES string of the molecule is CCC(C)[C@H](N)c1c(Cl)cncc1Cl. The lowest BCUT2D eigenvalue weighted by atomic mass is 9.94. The van der Waals surface area contributed by atoms with Gasteiger partial charge >= 0.3 is 0 Å². The van der Waals surface area contributed by atoms with E-state index in [1.807, 2.05) is 0 Å². The van der Waals surface area contributed by atoms with E-state index in [9.17, 15) is 0 Å². The summed E-state index contributed by atoms with van der Waals surface area (Å²) < 4.78 is 0. The maximum atomic E-state index is 6.05. The average molecular weight is 233 g/mol. The Labute approximate surface area is 94.4 Å². The van der Waals surface area contributed by atoms with Crippen molar-refractivity contribution in [2.45, 2.75) is 26.3 Å². The molecular formula is C10H14Cl2N2. The Hall–Kier alpha value is -0.310. The lowest BCUT2D eigenvalue weighted by Crippen LogP contribution is -2.19. The van der Waals surface area contributed by atoms with Crippen LogP contribution >= 0.6 is 23.2 Å². The van der Waals surface area contributed by atoms with E-state index in [0.717, 1.165) is 12.0 Å². The fraction of sp³-hybridized carbons (Fsp3) is 0.500. The molecule has 2 atom stereocenters. The first-order valence-corrected chi connectivity index (χ1v) is 5.38. The maximum absolute atomic E-state index is 6.05. The topological polar surface area (TPSA) is 38.9 Å². The fourth-order valence-corrected chi connectivity index (χ4v) is 1.89. The number of hydrogen-bond acceptors (Lipinski definition) is 2. The van der Waals surface area contributed by atoms with Crippen molar-refractivity contribution < 1.29 is 0 Å². The Morgan fingerprint density at radius 2 is 1.86 bits per heavy atom. The third kappa shape index (κ3) is 2.38. The van der Waals surface area contributed by atoms with E-state index in [4.69, 9.17) is 28.9 Å². The molecule has 0 bridgehead atoms. The molecule has 0 aliphatic carbocycles. The first-order valence-electron chi connectivity index (χ1n) is 4.62. The predicted octanol–water partition coefficient (Wildman–Crippen LogP) is 3.43. The minimum Gasteiger partial charge on any atom is -0.324 e. The van der Waals surface area contributed by atoms with Crippen molar-refractivity contribution in [3.8, 4) is 0 Å². The van der Waals surface area contributed by atoms with Gasteiger partial charge in [-0.15, -0.1) is 0 Å². The molecule has 1 aromatic heterocycles. The number of halogens is 2. The Balaban J connectivity index is 3.05. The Morgan fingerprint density at radius 1 is 1.36 bits per heavy atom. The van der Waals surface area contributed by atoms with Crippen LogP contribution < -0.4 is 5.73 Å². The molecule has 4 heteroatoms. The van der Waals surface area contributed by atoms with Crippen molar-refractivity contribution in [3.63, 3.8) is 0 Å². The van der Waals surface area contributed by atoms with Gasteiger partial charge in [0.2, 0.25) is 0 Å². The summed E-state index contributed by atoms with van der Waals surface area (Å²) in [6.45, 7) is 4.17. The van der Waals surface area contributed by atoms with E-state index in [1.54, 1.807) is 12.4 Å². The van der Waals surface area contributed by atoms with Crippen LogP contribution in [0.2, 0.25) is 10.0 Å². The third-order valence-corrected chi connectivity index (χ3v) is 3.08. The molecule has 0 aliphatic rings. The zero-order valence-corrected chi connectivity index (χ0v) is 9.81. The number of hydrogen-bond donors (Lipinski definition) is 1. The molecule has 0 aliphatic heterocycles. The molecule has 1 rings (SSSR count). The Morgan fingerprint density at radius 3 is 2.29 bits per heavy atom. The van der Waals surface area contributed by atoms with Crippen LogP contribution in [0, 0.1) is 5.92 Å². The second-order valence-electron chi connectivity index (χ2n) is 3.43. The molecule has 78 valence electrons. The highest BCUT2D eigenvalue weighted by molar-refractivity contribution is 6.35. The van der Waals surface area contributed by atoms with Gasteiger partial charge in [-0.25, -0.2) is 0 Å². The lowest BCUT2D eigenvalue weighted by Gasteiger charge is -2.20. The van der Waals surface area contributed by atoms with Gasteiger partial charge in [-0.05, 0) is 5.92 Å². The molecule has 0 saturated carbocycles. The summed E-state index contributed by atoms with van der Waals surface area (Å²) in [7, 11) is 0. The average Bonchev–Trinajstić information content (AvgIpc) is 2.16. The van der Waals surface area contributed by atoms with Gasteiger partial charge in [0.05, 0.1) is 10.0 Å². The van der Waals surface area contributed by atoms with Crippen molar-refractivity contribution in [2.75, 3.05) is 0 Å². The van der Waals surface area contributed by atoms with Crippen LogP contribution in [0.25, 0.3) is 0 Å². The molecule has 1 aromatic rings. The van der Waals surface area contributed by atoms with Gasteiger partial charge in [0.25, 0.3) is 0 Å². The minimum absolute atomic E-state index is 0.122. The number of nitrogens with two attached hydrogens (primary N) is 1. The van der Waals surface area contributed by atoms with Crippen LogP contribution in [0.4, 0.5) is 0 Å². The normalized spacial score (nSPS) is 15.2. The highest BCUT2D eigenvalue weighted by atomic mass is 35.5. The summed E-state index contributed by atoms with van der Waals surface area (Å²) >= 11 is 12.0. The molecule has 2 nitrogen and oxygen atoms in total. The quantitative estimate of drug-likeness (QED) is 0.868. The van der Waals surface area contributed by atoms with Crippen LogP contribution in [-0.4, -0.2) is 4.98 Å². The first-order chi connectivity index (χ1) is 6.57. The van der Waals surface area contributed by atoms with Gasteiger partial charge in [0, 0.05) is 24.0 Å². The van der Waals surface area contributed by atoms with E-state index >= 15 is 0 Å². The van der Waals surface area contributed by atoms with Crippen LogP contribution in [-0.2, 0) is 0 Å². The van der Waals surface area contributed by atoms with Gasteiger partial charge in [-0.1, -0.05) is 43.5 Å². The number of rotatable bonds is 3. The molecular weight excluding hydrogens is 219 g/mol. The van der Waals surface area contributed by atoms with Gasteiger partial charge in [0.15, 0.2) is 0 Å². The van der Waals surface area contributed by atoms with Crippen LogP contribution in [0.1, 0.15) is 31.9 Å². The number of aromatic nitrogens is 1. The molecule has 14 heavy (non-hydrogen) atoms. The summed E-state index contributed by atoms with van der Waals surface area (Å²) in [5.41, 5.74) is 6.86. The van der Waals surface area contributed by atoms with Crippen molar-refractivity contribution in [2.24, 2.45) is 11.7 Å². The maximum Gasteiger partial charge on any atom is 0.0652 e. The molecule has 0 saturated heterocycles. The summed E-state index contributed by atoms with van der Waals surface area (Å²) in [4.78, 5) is 3.89. The predicted molar refractivity (Wildman–Crippen MR) is 60.6 cm³/mol. The van der Waals surface area contributed by atoms with E-state index < -0.39 is 0 Å². The van der Waals surface area contributed by atoms with Crippen molar-refractivity contribution in [3.05, 3.63) is 28.0 Å². The largest absolute Gasteiger partial charge is 0.324 e. The van der Waals surface area contributed by atoms with Crippen LogP contribution in [0.15, 0.2) is 12.4 Å². The number of pyridine rings is 1. The van der Waals surface area contributed by atoms with Crippen molar-refractivity contribution in [1.82, 2.24) is 4.98 Å². The molecule has 1 heterocycles. The van der Waals surface area contributed by atoms with Crippen LogP contribution in [0.5, 0.6) is 0 Å². The van der Waals surface area contributed by atoms with E-state index in [1.165, 1.54) is 0 Å². The second-order valence-corrected chi connectivity index (χ2v) is 4.24. The van der Waals surface area contributed by atoms with E-state index in [0.29, 0.717) is 16.0 Å². The third-order valence-electron chi connectivity index (χ3n) is 2.48. The fourth-order valence-electron chi connectivity index (χ4n) is 1.28. The summed E-state index contributed by atoms with van der Waals surface area (Å²) in [5.74, 6) is 0.354. The summed E-state index contributed by atoms with van der Waals surface area (Å²) in [5, 5.41) is 1.09. The van der Waals surface area contributed by atoms with Gasteiger partial charge in [0.1, 0.15) is 0 Å². The Bertz CT molecular complexity index is 295. The molecule has 0 aromatic carbocycles. The second kappa shape index (κ2) is 4.96. The molecule has 2 N–H and O–H groups in total. The Kier molecular flexibility index (Phi) is 4.17. The molecule has 0 amide bonds. The standard InChI is InChI=1S/C10H14Cl2N2/c1-3-6(2)10(13)9-7(11)4-14-5-8(9)12/h4-6,10H,3,13H2,1-2H3/t6?,10-/m0/s1. The summed E-state index contributed by atoms with van der Waals surface area (Å²) in [6.07, 6.45) is 4.15. The smallest absolute Gasteiger partial charge is 0.0652 e. The highest BCUT2D eigenvalue weighted by Crippen LogP contribution is 2.32. The van der Waals surface area contributed by atoms with E-state index in [2.05, 4.69) is 18.8 Å². The van der Waals surface area contributed by atoms with Gasteiger partial charge in [-0.3, -0.25) is 4.98 Å². The first kappa shape index (κ1) is 11.8. The van der Waals surface area contributed by atoms with Crippen LogP contribution in [0.3, 0.4) is 0 Å². The zero-order chi connectivity index (χ0) is 10.7. The lowest BCUT2D eigenvalue weighted by molar-refractivity contribution is 0.457.